The first-order valence-corrected chi connectivity index (χ1v) is 7.21. The Morgan fingerprint density at radius 3 is 2.00 bits per heavy atom. The number of benzene rings is 2. The molecule has 2 aromatic carbocycles. The lowest BCUT2D eigenvalue weighted by molar-refractivity contribution is -0.136. The number of nitrogens with zero attached hydrogens (tertiary/aromatic N) is 1. The number of hydrazone groups is 1. The third-order valence-electron chi connectivity index (χ3n) is 2.92. The second kappa shape index (κ2) is 8.34. The first-order chi connectivity index (χ1) is 11.9. The van der Waals surface area contributed by atoms with Gasteiger partial charge < -0.3 is 10.6 Å². The summed E-state index contributed by atoms with van der Waals surface area (Å²) >= 11 is 0. The van der Waals surface area contributed by atoms with Crippen LogP contribution in [-0.4, -0.2) is 23.9 Å². The van der Waals surface area contributed by atoms with Crippen molar-refractivity contribution in [3.05, 3.63) is 59.9 Å². The smallest absolute Gasteiger partial charge is 0.326 e. The molecule has 0 unspecified atom stereocenters. The number of hydrogen-bond acceptors (Lipinski definition) is 4. The molecule has 0 fully saturated rings. The van der Waals surface area contributed by atoms with E-state index in [4.69, 9.17) is 0 Å². The number of hydrogen-bond donors (Lipinski definition) is 3. The van der Waals surface area contributed by atoms with Gasteiger partial charge in [0.15, 0.2) is 0 Å². The summed E-state index contributed by atoms with van der Waals surface area (Å²) in [4.78, 5) is 34.3. The van der Waals surface area contributed by atoms with Gasteiger partial charge in [0.05, 0.1) is 6.21 Å². The lowest BCUT2D eigenvalue weighted by atomic mass is 10.2. The van der Waals surface area contributed by atoms with Gasteiger partial charge in [0.25, 0.3) is 0 Å². The van der Waals surface area contributed by atoms with Gasteiger partial charge in [-0.1, -0.05) is 12.1 Å². The van der Waals surface area contributed by atoms with E-state index in [-0.39, 0.29) is 11.7 Å². The van der Waals surface area contributed by atoms with E-state index >= 15 is 0 Å². The fourth-order valence-electron chi connectivity index (χ4n) is 1.79. The Hall–Kier alpha value is -3.55. The van der Waals surface area contributed by atoms with Crippen LogP contribution in [0.5, 0.6) is 0 Å². The van der Waals surface area contributed by atoms with Gasteiger partial charge in [-0.3, -0.25) is 14.4 Å². The normalized spacial score (nSPS) is 10.3. The first kappa shape index (κ1) is 17.8. The van der Waals surface area contributed by atoms with Crippen molar-refractivity contribution in [1.82, 2.24) is 5.43 Å². The molecule has 0 aliphatic rings. The molecule has 2 aromatic rings. The number of nitrogens with one attached hydrogen (secondary N) is 3. The number of anilines is 2. The Balaban J connectivity index is 1.86. The van der Waals surface area contributed by atoms with Crippen LogP contribution < -0.4 is 16.1 Å². The van der Waals surface area contributed by atoms with E-state index in [2.05, 4.69) is 21.2 Å². The maximum Gasteiger partial charge on any atom is 0.329 e. The fraction of sp³-hybridized carbons (Fsp3) is 0.0588. The molecule has 128 valence electrons. The summed E-state index contributed by atoms with van der Waals surface area (Å²) in [7, 11) is 0. The highest BCUT2D eigenvalue weighted by atomic mass is 19.1. The van der Waals surface area contributed by atoms with E-state index < -0.39 is 11.8 Å². The van der Waals surface area contributed by atoms with Crippen LogP contribution >= 0.6 is 0 Å². The molecule has 0 saturated heterocycles. The molecular weight excluding hydrogens is 327 g/mol. The van der Waals surface area contributed by atoms with Gasteiger partial charge >= 0.3 is 11.8 Å². The number of amides is 3. The quantitative estimate of drug-likeness (QED) is 0.449. The average molecular weight is 342 g/mol. The molecule has 0 heterocycles. The molecular formula is C17H15FN4O3. The van der Waals surface area contributed by atoms with Gasteiger partial charge in [-0.15, -0.1) is 0 Å². The van der Waals surface area contributed by atoms with Crippen LogP contribution in [0.4, 0.5) is 15.8 Å². The van der Waals surface area contributed by atoms with Crippen molar-refractivity contribution >= 4 is 35.3 Å². The van der Waals surface area contributed by atoms with E-state index in [0.717, 1.165) is 0 Å². The summed E-state index contributed by atoms with van der Waals surface area (Å²) in [6, 6.07) is 11.7. The fourth-order valence-corrected chi connectivity index (χ4v) is 1.79. The van der Waals surface area contributed by atoms with E-state index in [0.29, 0.717) is 16.9 Å². The Morgan fingerprint density at radius 1 is 0.880 bits per heavy atom. The van der Waals surface area contributed by atoms with Crippen molar-refractivity contribution in [2.24, 2.45) is 5.10 Å². The second-order valence-electron chi connectivity index (χ2n) is 4.96. The number of carbonyl (C=O) groups is 3. The molecule has 0 atom stereocenters. The molecule has 0 spiro atoms. The lowest BCUT2D eigenvalue weighted by Gasteiger charge is -2.06. The maximum atomic E-state index is 12.7. The number of halogens is 1. The minimum atomic E-state index is -0.954. The van der Waals surface area contributed by atoms with Crippen molar-refractivity contribution in [2.75, 3.05) is 10.6 Å². The van der Waals surface area contributed by atoms with Gasteiger partial charge in [0, 0.05) is 18.3 Å². The molecule has 0 saturated carbocycles. The minimum absolute atomic E-state index is 0.213. The SMILES string of the molecule is CC(=O)Nc1ccc(NC(=O)C(=O)NN=Cc2ccc(F)cc2)cc1. The predicted molar refractivity (Wildman–Crippen MR) is 91.5 cm³/mol. The zero-order valence-electron chi connectivity index (χ0n) is 13.2. The van der Waals surface area contributed by atoms with Gasteiger partial charge in [0.2, 0.25) is 5.91 Å². The van der Waals surface area contributed by atoms with E-state index in [1.165, 1.54) is 49.5 Å². The standard InChI is InChI=1S/C17H15FN4O3/c1-11(23)20-14-6-8-15(9-7-14)21-16(24)17(25)22-19-10-12-2-4-13(18)5-3-12/h2-10H,1H3,(H,20,23)(H,21,24)(H,22,25). The molecule has 3 amide bonds. The van der Waals surface area contributed by atoms with Crippen LogP contribution in [-0.2, 0) is 14.4 Å². The summed E-state index contributed by atoms with van der Waals surface area (Å²) in [5.74, 6) is -2.45. The molecule has 0 aliphatic carbocycles. The van der Waals surface area contributed by atoms with Gasteiger partial charge in [-0.05, 0) is 42.0 Å². The van der Waals surface area contributed by atoms with Crippen LogP contribution in [0.1, 0.15) is 12.5 Å². The van der Waals surface area contributed by atoms with Crippen molar-refractivity contribution < 1.29 is 18.8 Å². The highest BCUT2D eigenvalue weighted by molar-refractivity contribution is 6.39. The largest absolute Gasteiger partial charge is 0.329 e. The van der Waals surface area contributed by atoms with Gasteiger partial charge in [0.1, 0.15) is 5.82 Å². The van der Waals surface area contributed by atoms with Crippen LogP contribution in [0, 0.1) is 5.82 Å². The van der Waals surface area contributed by atoms with Crippen molar-refractivity contribution in [2.45, 2.75) is 6.92 Å². The van der Waals surface area contributed by atoms with Crippen molar-refractivity contribution in [1.29, 1.82) is 0 Å². The maximum absolute atomic E-state index is 12.7. The summed E-state index contributed by atoms with van der Waals surface area (Å²) in [6.45, 7) is 1.38. The molecule has 0 aliphatic heterocycles. The van der Waals surface area contributed by atoms with E-state index in [1.54, 1.807) is 12.1 Å². The molecule has 7 nitrogen and oxygen atoms in total. The Morgan fingerprint density at radius 2 is 1.44 bits per heavy atom. The monoisotopic (exact) mass is 342 g/mol. The van der Waals surface area contributed by atoms with Gasteiger partial charge in [-0.2, -0.15) is 5.10 Å². The number of rotatable bonds is 4. The molecule has 0 radical (unpaired) electrons. The van der Waals surface area contributed by atoms with Crippen LogP contribution in [0.3, 0.4) is 0 Å². The van der Waals surface area contributed by atoms with Gasteiger partial charge in [-0.25, -0.2) is 9.82 Å². The highest BCUT2D eigenvalue weighted by Gasteiger charge is 2.12. The summed E-state index contributed by atoms with van der Waals surface area (Å²) < 4.78 is 12.7. The zero-order chi connectivity index (χ0) is 18.2. The van der Waals surface area contributed by atoms with Crippen LogP contribution in [0.2, 0.25) is 0 Å². The lowest BCUT2D eigenvalue weighted by Crippen LogP contribution is -2.32. The average Bonchev–Trinajstić information content (AvgIpc) is 2.58. The summed E-state index contributed by atoms with van der Waals surface area (Å²) in [5, 5.41) is 8.60. The third-order valence-corrected chi connectivity index (χ3v) is 2.92. The van der Waals surface area contributed by atoms with Crippen LogP contribution in [0.15, 0.2) is 53.6 Å². The topological polar surface area (TPSA) is 99.7 Å². The summed E-state index contributed by atoms with van der Waals surface area (Å²) in [5.41, 5.74) is 3.59. The second-order valence-corrected chi connectivity index (χ2v) is 4.96. The molecule has 8 heteroatoms. The van der Waals surface area contributed by atoms with E-state index in [1.807, 2.05) is 0 Å². The zero-order valence-corrected chi connectivity index (χ0v) is 13.2. The highest BCUT2D eigenvalue weighted by Crippen LogP contribution is 2.13. The van der Waals surface area contributed by atoms with Crippen molar-refractivity contribution in [3.63, 3.8) is 0 Å². The Labute approximate surface area is 142 Å². The third kappa shape index (κ3) is 5.87. The predicted octanol–water partition coefficient (Wildman–Crippen LogP) is 1.87. The van der Waals surface area contributed by atoms with Crippen LogP contribution in [0.25, 0.3) is 0 Å². The minimum Gasteiger partial charge on any atom is -0.326 e. The molecule has 0 aromatic heterocycles. The number of carbonyl (C=O) groups excluding carboxylic acids is 3. The Bertz CT molecular complexity index is 802. The Kier molecular flexibility index (Phi) is 5.94. The molecule has 3 N–H and O–H groups in total. The van der Waals surface area contributed by atoms with E-state index in [9.17, 15) is 18.8 Å². The molecule has 25 heavy (non-hydrogen) atoms. The first-order valence-electron chi connectivity index (χ1n) is 7.21. The molecule has 2 rings (SSSR count). The molecule has 0 bridgehead atoms. The van der Waals surface area contributed by atoms with Crippen molar-refractivity contribution in [3.8, 4) is 0 Å². The summed E-state index contributed by atoms with van der Waals surface area (Å²) in [6.07, 6.45) is 1.28.